The fourth-order valence-electron chi connectivity index (χ4n) is 2.61. The molecule has 0 saturated heterocycles. The van der Waals surface area contributed by atoms with Gasteiger partial charge >= 0.3 is 0 Å². The van der Waals surface area contributed by atoms with E-state index in [4.69, 9.17) is 23.2 Å². The molecule has 3 rings (SSSR count). The van der Waals surface area contributed by atoms with Crippen molar-refractivity contribution in [3.63, 3.8) is 0 Å². The maximum absolute atomic E-state index is 6.32. The minimum Gasteiger partial charge on any atom is -0.314 e. The minimum absolute atomic E-state index is 0.552. The van der Waals surface area contributed by atoms with Gasteiger partial charge in [0, 0.05) is 15.6 Å². The summed E-state index contributed by atoms with van der Waals surface area (Å²) in [5.74, 6) is 1.45. The molecule has 0 bridgehead atoms. The average molecular weight is 424 g/mol. The fourth-order valence-corrected chi connectivity index (χ4v) is 3.38. The molecular weight excluding hydrogens is 407 g/mol. The number of benzene rings is 1. The van der Waals surface area contributed by atoms with E-state index in [1.54, 1.807) is 6.07 Å². The lowest BCUT2D eigenvalue weighted by atomic mass is 10.0. The Morgan fingerprint density at radius 2 is 2.17 bits per heavy atom. The molecule has 1 aliphatic rings. The van der Waals surface area contributed by atoms with E-state index in [-0.39, 0.29) is 0 Å². The summed E-state index contributed by atoms with van der Waals surface area (Å²) in [5.41, 5.74) is 2.03. The molecule has 0 radical (unpaired) electrons. The van der Waals surface area contributed by atoms with Gasteiger partial charge in [-0.2, -0.15) is 0 Å². The van der Waals surface area contributed by atoms with Gasteiger partial charge in [-0.25, -0.2) is 4.98 Å². The SMILES string of the molecule is CC1C=CC=C(c2ncc(Br)n2Cc2cc(Cl)ccc2Cl)C=CC1. The van der Waals surface area contributed by atoms with Crippen LogP contribution in [0.3, 0.4) is 0 Å². The zero-order valence-corrected chi connectivity index (χ0v) is 16.3. The second kappa shape index (κ2) is 7.73. The van der Waals surface area contributed by atoms with Crippen molar-refractivity contribution in [2.45, 2.75) is 19.9 Å². The molecule has 124 valence electrons. The third-order valence-electron chi connectivity index (χ3n) is 3.92. The molecule has 5 heteroatoms. The molecule has 1 aromatic heterocycles. The molecular formula is C19H17BrCl2N2. The molecule has 2 aromatic rings. The highest BCUT2D eigenvalue weighted by atomic mass is 79.9. The Morgan fingerprint density at radius 3 is 3.00 bits per heavy atom. The van der Waals surface area contributed by atoms with E-state index in [1.807, 2.05) is 18.3 Å². The van der Waals surface area contributed by atoms with Gasteiger partial charge in [0.05, 0.1) is 12.7 Å². The summed E-state index contributed by atoms with van der Waals surface area (Å²) in [4.78, 5) is 4.57. The van der Waals surface area contributed by atoms with Crippen LogP contribution in [0.15, 0.2) is 59.4 Å². The Hall–Kier alpha value is -1.29. The third-order valence-corrected chi connectivity index (χ3v) is 5.16. The summed E-state index contributed by atoms with van der Waals surface area (Å²) in [6.45, 7) is 2.80. The van der Waals surface area contributed by atoms with Crippen molar-refractivity contribution in [3.8, 4) is 0 Å². The minimum atomic E-state index is 0.552. The lowest BCUT2D eigenvalue weighted by Crippen LogP contribution is -2.06. The van der Waals surface area contributed by atoms with Crippen molar-refractivity contribution in [1.29, 1.82) is 0 Å². The topological polar surface area (TPSA) is 17.8 Å². The lowest BCUT2D eigenvalue weighted by Gasteiger charge is -2.13. The second-order valence-corrected chi connectivity index (χ2v) is 7.50. The Balaban J connectivity index is 1.99. The first-order chi connectivity index (χ1) is 11.5. The number of allylic oxidation sites excluding steroid dienone is 6. The first kappa shape index (κ1) is 17.5. The van der Waals surface area contributed by atoms with Gasteiger partial charge in [0.15, 0.2) is 0 Å². The predicted molar refractivity (Wildman–Crippen MR) is 106 cm³/mol. The zero-order valence-electron chi connectivity index (χ0n) is 13.2. The normalized spacial score (nSPS) is 17.5. The van der Waals surface area contributed by atoms with Crippen molar-refractivity contribution in [3.05, 3.63) is 80.8 Å². The molecule has 1 aliphatic carbocycles. The van der Waals surface area contributed by atoms with Crippen molar-refractivity contribution in [2.75, 3.05) is 0 Å². The van der Waals surface area contributed by atoms with Gasteiger partial charge in [0.1, 0.15) is 10.4 Å². The van der Waals surface area contributed by atoms with Gasteiger partial charge in [-0.1, -0.05) is 60.5 Å². The Kier molecular flexibility index (Phi) is 5.65. The van der Waals surface area contributed by atoms with Crippen molar-refractivity contribution in [2.24, 2.45) is 5.92 Å². The van der Waals surface area contributed by atoms with Crippen LogP contribution in [0.2, 0.25) is 10.0 Å². The molecule has 0 aliphatic heterocycles. The standard InChI is InChI=1S/C19H17BrCl2N2/c1-13-4-2-6-14(7-3-5-13)19-23-11-18(20)24(19)12-15-10-16(21)8-9-17(15)22/h2-4,6-11,13H,5,12H2,1H3. The molecule has 2 nitrogen and oxygen atoms in total. The highest BCUT2D eigenvalue weighted by Crippen LogP contribution is 2.27. The molecule has 1 atom stereocenters. The van der Waals surface area contributed by atoms with E-state index in [0.717, 1.165) is 28.0 Å². The molecule has 0 amide bonds. The van der Waals surface area contributed by atoms with E-state index in [1.165, 1.54) is 0 Å². The second-order valence-electron chi connectivity index (χ2n) is 5.85. The van der Waals surface area contributed by atoms with Crippen molar-refractivity contribution >= 4 is 44.7 Å². The van der Waals surface area contributed by atoms with Crippen LogP contribution in [-0.2, 0) is 6.54 Å². The van der Waals surface area contributed by atoms with Gasteiger partial charge in [-0.3, -0.25) is 0 Å². The Labute approximate surface area is 160 Å². The zero-order chi connectivity index (χ0) is 17.1. The van der Waals surface area contributed by atoms with Crippen LogP contribution in [0.1, 0.15) is 24.7 Å². The number of imidazole rings is 1. The number of nitrogens with zero attached hydrogens (tertiary/aromatic N) is 2. The molecule has 1 unspecified atom stereocenters. The van der Waals surface area contributed by atoms with Crippen LogP contribution in [0.25, 0.3) is 5.57 Å². The maximum Gasteiger partial charge on any atom is 0.141 e. The van der Waals surface area contributed by atoms with Crippen LogP contribution >= 0.6 is 39.1 Å². The molecule has 0 spiro atoms. The van der Waals surface area contributed by atoms with Gasteiger partial charge < -0.3 is 4.57 Å². The highest BCUT2D eigenvalue weighted by Gasteiger charge is 2.13. The summed E-state index contributed by atoms with van der Waals surface area (Å²) in [7, 11) is 0. The van der Waals surface area contributed by atoms with E-state index < -0.39 is 0 Å². The Bertz CT molecular complexity index is 834. The first-order valence-corrected chi connectivity index (χ1v) is 9.30. The molecule has 1 aromatic carbocycles. The van der Waals surface area contributed by atoms with E-state index in [0.29, 0.717) is 22.5 Å². The van der Waals surface area contributed by atoms with Gasteiger partial charge in [-0.05, 0) is 52.0 Å². The van der Waals surface area contributed by atoms with E-state index >= 15 is 0 Å². The van der Waals surface area contributed by atoms with E-state index in [9.17, 15) is 0 Å². The smallest absolute Gasteiger partial charge is 0.141 e. The summed E-state index contributed by atoms with van der Waals surface area (Å²) in [5, 5.41) is 1.37. The molecule has 0 saturated carbocycles. The number of hydrogen-bond donors (Lipinski definition) is 0. The first-order valence-electron chi connectivity index (χ1n) is 7.75. The summed E-state index contributed by atoms with van der Waals surface area (Å²) in [6, 6.07) is 5.51. The van der Waals surface area contributed by atoms with Crippen LogP contribution < -0.4 is 0 Å². The molecule has 0 N–H and O–H groups in total. The number of rotatable bonds is 3. The molecule has 24 heavy (non-hydrogen) atoms. The number of hydrogen-bond acceptors (Lipinski definition) is 1. The van der Waals surface area contributed by atoms with Gasteiger partial charge in [-0.15, -0.1) is 0 Å². The summed E-state index contributed by atoms with van der Waals surface area (Å²) in [6.07, 6.45) is 13.6. The van der Waals surface area contributed by atoms with Crippen LogP contribution in [0.4, 0.5) is 0 Å². The lowest BCUT2D eigenvalue weighted by molar-refractivity contribution is 0.742. The third kappa shape index (κ3) is 4.02. The van der Waals surface area contributed by atoms with Gasteiger partial charge in [0.2, 0.25) is 0 Å². The summed E-state index contributed by atoms with van der Waals surface area (Å²) < 4.78 is 2.99. The predicted octanol–water partition coefficient (Wildman–Crippen LogP) is 6.54. The van der Waals surface area contributed by atoms with Crippen molar-refractivity contribution in [1.82, 2.24) is 9.55 Å². The van der Waals surface area contributed by atoms with Crippen LogP contribution in [0.5, 0.6) is 0 Å². The van der Waals surface area contributed by atoms with Gasteiger partial charge in [0.25, 0.3) is 0 Å². The largest absolute Gasteiger partial charge is 0.314 e. The molecule has 1 heterocycles. The Morgan fingerprint density at radius 1 is 1.33 bits per heavy atom. The number of aromatic nitrogens is 2. The average Bonchev–Trinajstić information content (AvgIpc) is 2.88. The summed E-state index contributed by atoms with van der Waals surface area (Å²) >= 11 is 16.0. The van der Waals surface area contributed by atoms with Crippen molar-refractivity contribution < 1.29 is 0 Å². The van der Waals surface area contributed by atoms with Crippen LogP contribution in [0, 0.1) is 5.92 Å². The van der Waals surface area contributed by atoms with Crippen LogP contribution in [-0.4, -0.2) is 9.55 Å². The van der Waals surface area contributed by atoms with E-state index in [2.05, 4.69) is 62.8 Å². The fraction of sp³-hybridized carbons (Fsp3) is 0.211. The quantitative estimate of drug-likeness (QED) is 0.548. The maximum atomic E-state index is 6.32. The molecule has 0 fully saturated rings. The monoisotopic (exact) mass is 422 g/mol. The highest BCUT2D eigenvalue weighted by molar-refractivity contribution is 9.10. The number of halogens is 3.